The van der Waals surface area contributed by atoms with E-state index in [9.17, 15) is 9.90 Å². The van der Waals surface area contributed by atoms with E-state index in [0.29, 0.717) is 5.82 Å². The molecule has 0 aliphatic heterocycles. The average molecular weight is 288 g/mol. The number of carbonyl (C=O) groups excluding carboxylic acids is 1. The number of rotatable bonds is 4. The Hall–Kier alpha value is -1.14. The van der Waals surface area contributed by atoms with E-state index < -0.39 is 5.60 Å². The van der Waals surface area contributed by atoms with Gasteiger partial charge in [-0.05, 0) is 26.0 Å². The first-order valence-corrected chi connectivity index (χ1v) is 5.55. The van der Waals surface area contributed by atoms with Gasteiger partial charge in [-0.2, -0.15) is 0 Å². The number of nitrogens with zero attached hydrogens (tertiary/aromatic N) is 1. The van der Waals surface area contributed by atoms with Gasteiger partial charge in [0.2, 0.25) is 5.91 Å². The van der Waals surface area contributed by atoms with Crippen LogP contribution in [0.15, 0.2) is 22.8 Å². The third kappa shape index (κ3) is 5.09. The number of hydrazine groups is 1. The summed E-state index contributed by atoms with van der Waals surface area (Å²) in [6, 6.07) is 3.51. The molecule has 1 amide bonds. The van der Waals surface area contributed by atoms with Gasteiger partial charge in [0.15, 0.2) is 0 Å². The van der Waals surface area contributed by atoms with E-state index in [4.69, 9.17) is 0 Å². The van der Waals surface area contributed by atoms with Crippen LogP contribution in [0.4, 0.5) is 5.82 Å². The molecule has 88 valence electrons. The Labute approximate surface area is 102 Å². The van der Waals surface area contributed by atoms with E-state index in [0.717, 1.165) is 4.47 Å². The van der Waals surface area contributed by atoms with Gasteiger partial charge in [-0.15, -0.1) is 0 Å². The number of carbonyl (C=O) groups is 1. The standard InChI is InChI=1S/C10H14BrN3O2/c1-10(2,16)6-9(15)14-13-8-5-7(11)3-4-12-8/h3-5,16H,6H2,1-2H3,(H,12,13)(H,14,15). The van der Waals surface area contributed by atoms with Crippen LogP contribution in [-0.2, 0) is 4.79 Å². The number of anilines is 1. The summed E-state index contributed by atoms with van der Waals surface area (Å²) in [6.07, 6.45) is 1.63. The molecular weight excluding hydrogens is 274 g/mol. The minimum atomic E-state index is -1.02. The second kappa shape index (κ2) is 5.27. The third-order valence-electron chi connectivity index (χ3n) is 1.65. The topological polar surface area (TPSA) is 74.2 Å². The number of halogens is 1. The van der Waals surface area contributed by atoms with Crippen LogP contribution in [0.2, 0.25) is 0 Å². The summed E-state index contributed by atoms with van der Waals surface area (Å²) >= 11 is 3.29. The number of nitrogens with one attached hydrogen (secondary N) is 2. The van der Waals surface area contributed by atoms with Crippen molar-refractivity contribution in [3.63, 3.8) is 0 Å². The van der Waals surface area contributed by atoms with Crippen molar-refractivity contribution < 1.29 is 9.90 Å². The molecule has 6 heteroatoms. The molecule has 0 atom stereocenters. The third-order valence-corrected chi connectivity index (χ3v) is 2.14. The second-order valence-corrected chi connectivity index (χ2v) is 4.94. The molecule has 0 fully saturated rings. The molecule has 0 saturated carbocycles. The second-order valence-electron chi connectivity index (χ2n) is 4.02. The number of hydrogen-bond acceptors (Lipinski definition) is 4. The zero-order valence-corrected chi connectivity index (χ0v) is 10.7. The predicted molar refractivity (Wildman–Crippen MR) is 64.6 cm³/mol. The molecule has 16 heavy (non-hydrogen) atoms. The van der Waals surface area contributed by atoms with E-state index in [1.807, 2.05) is 0 Å². The van der Waals surface area contributed by atoms with Crippen LogP contribution >= 0.6 is 15.9 Å². The Balaban J connectivity index is 2.43. The summed E-state index contributed by atoms with van der Waals surface area (Å²) in [6.45, 7) is 3.15. The first-order valence-electron chi connectivity index (χ1n) is 4.75. The van der Waals surface area contributed by atoms with Crippen molar-refractivity contribution in [1.82, 2.24) is 10.4 Å². The maximum absolute atomic E-state index is 11.3. The van der Waals surface area contributed by atoms with Crippen molar-refractivity contribution >= 4 is 27.7 Å². The van der Waals surface area contributed by atoms with Crippen molar-refractivity contribution in [3.05, 3.63) is 22.8 Å². The van der Waals surface area contributed by atoms with Crippen LogP contribution in [0.3, 0.4) is 0 Å². The summed E-state index contributed by atoms with van der Waals surface area (Å²) in [5, 5.41) is 9.42. The summed E-state index contributed by atoms with van der Waals surface area (Å²) < 4.78 is 0.863. The minimum absolute atomic E-state index is 0.0218. The van der Waals surface area contributed by atoms with Crippen molar-refractivity contribution in [1.29, 1.82) is 0 Å². The molecule has 1 aromatic rings. The van der Waals surface area contributed by atoms with E-state index >= 15 is 0 Å². The van der Waals surface area contributed by atoms with Crippen LogP contribution in [0.1, 0.15) is 20.3 Å². The first kappa shape index (κ1) is 12.9. The van der Waals surface area contributed by atoms with Crippen molar-refractivity contribution in [2.75, 3.05) is 5.43 Å². The number of aromatic nitrogens is 1. The van der Waals surface area contributed by atoms with E-state index in [-0.39, 0.29) is 12.3 Å². The average Bonchev–Trinajstić information content (AvgIpc) is 2.12. The highest BCUT2D eigenvalue weighted by molar-refractivity contribution is 9.10. The van der Waals surface area contributed by atoms with Crippen molar-refractivity contribution in [2.45, 2.75) is 25.9 Å². The van der Waals surface area contributed by atoms with Gasteiger partial charge in [-0.25, -0.2) is 4.98 Å². The molecule has 0 aliphatic rings. The smallest absolute Gasteiger partial charge is 0.241 e. The molecule has 0 bridgehead atoms. The normalized spacial score (nSPS) is 11.0. The quantitative estimate of drug-likeness (QED) is 0.733. The Kier molecular flexibility index (Phi) is 4.26. The highest BCUT2D eigenvalue weighted by atomic mass is 79.9. The van der Waals surface area contributed by atoms with Crippen LogP contribution in [-0.4, -0.2) is 21.6 Å². The van der Waals surface area contributed by atoms with E-state index in [1.165, 1.54) is 0 Å². The summed E-state index contributed by atoms with van der Waals surface area (Å²) in [5.41, 5.74) is 4.09. The molecule has 0 saturated heterocycles. The molecule has 0 unspecified atom stereocenters. The molecule has 3 N–H and O–H groups in total. The lowest BCUT2D eigenvalue weighted by atomic mass is 10.1. The maximum atomic E-state index is 11.3. The molecule has 1 rings (SSSR count). The molecule has 5 nitrogen and oxygen atoms in total. The lowest BCUT2D eigenvalue weighted by Gasteiger charge is -2.16. The van der Waals surface area contributed by atoms with E-state index in [2.05, 4.69) is 31.8 Å². The molecule has 1 heterocycles. The molecule has 0 aromatic carbocycles. The van der Waals surface area contributed by atoms with Gasteiger partial charge in [-0.3, -0.25) is 15.6 Å². The highest BCUT2D eigenvalue weighted by Crippen LogP contribution is 2.12. The van der Waals surface area contributed by atoms with Crippen LogP contribution < -0.4 is 10.9 Å². The SMILES string of the molecule is CC(C)(O)CC(=O)NNc1cc(Br)ccn1. The van der Waals surface area contributed by atoms with Crippen LogP contribution in [0.5, 0.6) is 0 Å². The van der Waals surface area contributed by atoms with Crippen molar-refractivity contribution in [3.8, 4) is 0 Å². The van der Waals surface area contributed by atoms with Gasteiger partial charge in [0.05, 0.1) is 12.0 Å². The summed E-state index contributed by atoms with van der Waals surface area (Å²) in [4.78, 5) is 15.3. The molecule has 1 aromatic heterocycles. The van der Waals surface area contributed by atoms with Gasteiger partial charge >= 0.3 is 0 Å². The zero-order chi connectivity index (χ0) is 12.2. The van der Waals surface area contributed by atoms with Gasteiger partial charge in [0.25, 0.3) is 0 Å². The lowest BCUT2D eigenvalue weighted by molar-refractivity contribution is -0.124. The maximum Gasteiger partial charge on any atom is 0.241 e. The fourth-order valence-corrected chi connectivity index (χ4v) is 1.38. The molecule has 0 spiro atoms. The van der Waals surface area contributed by atoms with E-state index in [1.54, 1.807) is 32.2 Å². The molecular formula is C10H14BrN3O2. The highest BCUT2D eigenvalue weighted by Gasteiger charge is 2.17. The van der Waals surface area contributed by atoms with Gasteiger partial charge in [0, 0.05) is 10.7 Å². The number of amides is 1. The monoisotopic (exact) mass is 287 g/mol. The fraction of sp³-hybridized carbons (Fsp3) is 0.400. The van der Waals surface area contributed by atoms with Gasteiger partial charge < -0.3 is 5.11 Å². The Morgan fingerprint density at radius 1 is 1.62 bits per heavy atom. The number of aliphatic hydroxyl groups is 1. The fourth-order valence-electron chi connectivity index (χ4n) is 1.04. The molecule has 0 radical (unpaired) electrons. The first-order chi connectivity index (χ1) is 7.37. The van der Waals surface area contributed by atoms with Crippen LogP contribution in [0.25, 0.3) is 0 Å². The minimum Gasteiger partial charge on any atom is -0.390 e. The zero-order valence-electron chi connectivity index (χ0n) is 9.12. The Bertz CT molecular complexity index is 377. The largest absolute Gasteiger partial charge is 0.390 e. The molecule has 0 aliphatic carbocycles. The predicted octanol–water partition coefficient (Wildman–Crippen LogP) is 1.45. The number of hydrogen-bond donors (Lipinski definition) is 3. The summed E-state index contributed by atoms with van der Waals surface area (Å²) in [5.74, 6) is 0.229. The van der Waals surface area contributed by atoms with Gasteiger partial charge in [0.1, 0.15) is 5.82 Å². The van der Waals surface area contributed by atoms with Gasteiger partial charge in [-0.1, -0.05) is 15.9 Å². The van der Waals surface area contributed by atoms with Crippen LogP contribution in [0, 0.1) is 0 Å². The number of pyridine rings is 1. The van der Waals surface area contributed by atoms with Crippen molar-refractivity contribution in [2.24, 2.45) is 0 Å². The Morgan fingerprint density at radius 2 is 2.31 bits per heavy atom. The summed E-state index contributed by atoms with van der Waals surface area (Å²) in [7, 11) is 0. The Morgan fingerprint density at radius 3 is 2.88 bits per heavy atom. The lowest BCUT2D eigenvalue weighted by Crippen LogP contribution is -2.35.